The molecule has 6 nitrogen and oxygen atoms in total. The molecule has 4 atom stereocenters. The van der Waals surface area contributed by atoms with Gasteiger partial charge in [0.1, 0.15) is 9.75 Å². The fraction of sp³-hybridized carbons (Fsp3) is 0.545. The first-order chi connectivity index (χ1) is 14.6. The number of para-hydroxylation sites is 1. The Morgan fingerprint density at radius 3 is 2.87 bits per heavy atom. The summed E-state index contributed by atoms with van der Waals surface area (Å²) in [7, 11) is 0. The van der Waals surface area contributed by atoms with Crippen LogP contribution in [0.25, 0.3) is 10.9 Å². The molecule has 3 unspecified atom stereocenters. The molecule has 0 bridgehead atoms. The van der Waals surface area contributed by atoms with Gasteiger partial charge in [-0.05, 0) is 50.4 Å². The highest BCUT2D eigenvalue weighted by molar-refractivity contribution is 8.16. The largest absolute Gasteiger partial charge is 0.381 e. The summed E-state index contributed by atoms with van der Waals surface area (Å²) in [5.41, 5.74) is 8.98. The third-order valence-corrected chi connectivity index (χ3v) is 8.24. The number of alkyl halides is 1. The Bertz CT molecular complexity index is 964. The molecule has 0 spiro atoms. The van der Waals surface area contributed by atoms with E-state index in [0.29, 0.717) is 6.04 Å². The molecule has 1 saturated heterocycles. The van der Waals surface area contributed by atoms with Gasteiger partial charge in [0, 0.05) is 11.4 Å². The van der Waals surface area contributed by atoms with Crippen LogP contribution in [0, 0.1) is 11.8 Å². The lowest BCUT2D eigenvalue weighted by Gasteiger charge is -2.25. The van der Waals surface area contributed by atoms with Gasteiger partial charge < -0.3 is 21.4 Å². The molecule has 8 heteroatoms. The van der Waals surface area contributed by atoms with Crippen LogP contribution in [0.5, 0.6) is 0 Å². The molecule has 2 fully saturated rings. The molecule has 1 aromatic heterocycles. The molecule has 1 aliphatic carbocycles. The van der Waals surface area contributed by atoms with E-state index in [4.69, 9.17) is 22.3 Å². The van der Waals surface area contributed by atoms with Crippen LogP contribution in [-0.2, 0) is 4.79 Å². The topological polar surface area (TPSA) is 95.3 Å². The lowest BCUT2D eigenvalue weighted by atomic mass is 9.85. The summed E-state index contributed by atoms with van der Waals surface area (Å²) in [6.45, 7) is 1.71. The Hall–Kier alpha value is -1.70. The smallest absolute Gasteiger partial charge is 0.223 e. The van der Waals surface area contributed by atoms with Crippen LogP contribution >= 0.6 is 23.4 Å². The highest BCUT2D eigenvalue weighted by atomic mass is 35.5. The quantitative estimate of drug-likeness (QED) is 0.510. The number of primary amides is 1. The van der Waals surface area contributed by atoms with Gasteiger partial charge in [0.15, 0.2) is 0 Å². The number of aromatic amines is 1. The lowest BCUT2D eigenvalue weighted by molar-refractivity contribution is -0.123. The predicted octanol–water partition coefficient (Wildman–Crippen LogP) is 3.66. The first-order valence-electron chi connectivity index (χ1n) is 10.9. The van der Waals surface area contributed by atoms with Gasteiger partial charge in [-0.2, -0.15) is 0 Å². The number of nitrogens with two attached hydrogens (primary N) is 1. The van der Waals surface area contributed by atoms with Crippen molar-refractivity contribution < 1.29 is 4.79 Å². The van der Waals surface area contributed by atoms with Crippen LogP contribution in [-0.4, -0.2) is 45.8 Å². The van der Waals surface area contributed by atoms with E-state index in [1.807, 2.05) is 0 Å². The fourth-order valence-corrected chi connectivity index (χ4v) is 6.59. The molecule has 1 amide bonds. The number of aromatic nitrogens is 1. The number of halogens is 1. The highest BCUT2D eigenvalue weighted by Crippen LogP contribution is 2.40. The van der Waals surface area contributed by atoms with Gasteiger partial charge in [0.05, 0.1) is 28.9 Å². The zero-order valence-corrected chi connectivity index (χ0v) is 18.4. The molecular weight excluding hydrogens is 418 g/mol. The zero-order valence-electron chi connectivity index (χ0n) is 16.9. The number of benzene rings is 1. The number of H-pyrrole nitrogens is 1. The number of fused-ring (bicyclic) bond motifs is 1. The molecule has 1 saturated carbocycles. The Kier molecular flexibility index (Phi) is 5.69. The first-order valence-corrected chi connectivity index (χ1v) is 12.2. The predicted molar refractivity (Wildman–Crippen MR) is 125 cm³/mol. The van der Waals surface area contributed by atoms with Crippen LogP contribution in [0.2, 0.25) is 0 Å². The minimum Gasteiger partial charge on any atom is -0.381 e. The van der Waals surface area contributed by atoms with Crippen molar-refractivity contribution in [2.45, 2.75) is 48.9 Å². The average molecular weight is 446 g/mol. The molecule has 3 heterocycles. The van der Waals surface area contributed by atoms with Gasteiger partial charge in [0.25, 0.3) is 0 Å². The normalized spacial score (nSPS) is 28.2. The molecule has 0 radical (unpaired) electrons. The monoisotopic (exact) mass is 445 g/mol. The van der Waals surface area contributed by atoms with E-state index < -0.39 is 0 Å². The van der Waals surface area contributed by atoms with E-state index in [9.17, 15) is 4.79 Å². The van der Waals surface area contributed by atoms with Crippen LogP contribution in [0.4, 0.5) is 5.69 Å². The molecule has 160 valence electrons. The zero-order chi connectivity index (χ0) is 20.7. The summed E-state index contributed by atoms with van der Waals surface area (Å²) in [6, 6.07) is 8.72. The molecule has 30 heavy (non-hydrogen) atoms. The third-order valence-electron chi connectivity index (χ3n) is 6.66. The number of rotatable bonds is 6. The van der Waals surface area contributed by atoms with Gasteiger partial charge in [-0.25, -0.2) is 0 Å². The van der Waals surface area contributed by atoms with Crippen molar-refractivity contribution in [3.05, 3.63) is 30.0 Å². The Morgan fingerprint density at radius 1 is 1.30 bits per heavy atom. The number of anilines is 1. The highest BCUT2D eigenvalue weighted by Gasteiger charge is 2.43. The fourth-order valence-electron chi connectivity index (χ4n) is 5.12. The van der Waals surface area contributed by atoms with E-state index in [-0.39, 0.29) is 28.5 Å². The van der Waals surface area contributed by atoms with E-state index in [0.717, 1.165) is 46.8 Å². The number of carbonyl (C=O) groups excluding carboxylic acids is 1. The summed E-state index contributed by atoms with van der Waals surface area (Å²) in [6.07, 6.45) is 5.99. The second-order valence-corrected chi connectivity index (χ2v) is 10.5. The number of hydrogen-bond acceptors (Lipinski definition) is 5. The minimum atomic E-state index is -0.337. The second kappa shape index (κ2) is 8.44. The molecule has 5 rings (SSSR count). The minimum absolute atomic E-state index is 0.197. The van der Waals surface area contributed by atoms with Crippen LogP contribution in [0.15, 0.2) is 29.3 Å². The van der Waals surface area contributed by atoms with Gasteiger partial charge in [0.2, 0.25) is 5.91 Å². The number of thioether (sulfide) groups is 1. The van der Waals surface area contributed by atoms with E-state index in [1.165, 1.54) is 37.4 Å². The molecule has 1 aromatic carbocycles. The summed E-state index contributed by atoms with van der Waals surface area (Å²) in [4.78, 5) is 20.7. The van der Waals surface area contributed by atoms with Crippen molar-refractivity contribution in [1.29, 1.82) is 0 Å². The molecule has 3 aliphatic rings. The maximum Gasteiger partial charge on any atom is 0.223 e. The van der Waals surface area contributed by atoms with Crippen molar-refractivity contribution in [3.63, 3.8) is 0 Å². The Morgan fingerprint density at radius 2 is 2.13 bits per heavy atom. The van der Waals surface area contributed by atoms with Crippen LogP contribution in [0.1, 0.15) is 37.8 Å². The Balaban J connectivity index is 1.43. The SMILES string of the molecule is NC(=O)C(C1CCNC1)C1N=C(c2cc3cccc(NC4CCCC4)c3[nH]2)S[C@H]1Cl. The van der Waals surface area contributed by atoms with Crippen molar-refractivity contribution >= 4 is 50.9 Å². The Labute approximate surface area is 185 Å². The van der Waals surface area contributed by atoms with E-state index in [2.05, 4.69) is 39.9 Å². The van der Waals surface area contributed by atoms with Gasteiger partial charge in [-0.3, -0.25) is 9.79 Å². The molecular formula is C22H28ClN5OS. The van der Waals surface area contributed by atoms with Gasteiger partial charge >= 0.3 is 0 Å². The second-order valence-electron chi connectivity index (χ2n) is 8.65. The van der Waals surface area contributed by atoms with Crippen LogP contribution < -0.4 is 16.4 Å². The molecule has 2 aliphatic heterocycles. The van der Waals surface area contributed by atoms with Gasteiger partial charge in [-0.1, -0.05) is 36.7 Å². The summed E-state index contributed by atoms with van der Waals surface area (Å²) >= 11 is 8.20. The molecule has 2 aromatic rings. The van der Waals surface area contributed by atoms with E-state index >= 15 is 0 Å². The van der Waals surface area contributed by atoms with Gasteiger partial charge in [-0.15, -0.1) is 11.6 Å². The van der Waals surface area contributed by atoms with Crippen molar-refractivity contribution in [1.82, 2.24) is 10.3 Å². The number of hydrogen-bond donors (Lipinski definition) is 4. The third kappa shape index (κ3) is 3.83. The molecule has 5 N–H and O–H groups in total. The van der Waals surface area contributed by atoms with E-state index in [1.54, 1.807) is 0 Å². The summed E-state index contributed by atoms with van der Waals surface area (Å²) in [5.74, 6) is -0.441. The lowest BCUT2D eigenvalue weighted by Crippen LogP contribution is -2.41. The number of aliphatic imine (C=N–C) groups is 1. The van der Waals surface area contributed by atoms with Crippen molar-refractivity contribution in [3.8, 4) is 0 Å². The summed E-state index contributed by atoms with van der Waals surface area (Å²) < 4.78 is -0.291. The summed E-state index contributed by atoms with van der Waals surface area (Å²) in [5, 5.41) is 9.04. The number of amides is 1. The van der Waals surface area contributed by atoms with Crippen molar-refractivity contribution in [2.75, 3.05) is 18.4 Å². The maximum absolute atomic E-state index is 12.3. The van der Waals surface area contributed by atoms with Crippen molar-refractivity contribution in [2.24, 2.45) is 22.6 Å². The average Bonchev–Trinajstić information content (AvgIpc) is 3.50. The first kappa shape index (κ1) is 20.2. The number of nitrogens with one attached hydrogen (secondary N) is 3. The maximum atomic E-state index is 12.3. The number of carbonyl (C=O) groups is 1. The van der Waals surface area contributed by atoms with Crippen LogP contribution in [0.3, 0.4) is 0 Å². The number of nitrogens with zero attached hydrogens (tertiary/aromatic N) is 1. The standard InChI is InChI=1S/C22H28ClN5OS/c23-20-19(17(21(24)29)13-8-9-25-11-13)28-22(30-20)16-10-12-4-3-7-15(18(12)27-16)26-14-5-1-2-6-14/h3-4,7,10,13-14,17,19-20,25-27H,1-2,5-6,8-9,11H2,(H2,24,29)/t13?,17?,19?,20-/m1/s1.